The van der Waals surface area contributed by atoms with Crippen LogP contribution in [-0.4, -0.2) is 9.55 Å². The second-order valence-corrected chi connectivity index (χ2v) is 4.72. The van der Waals surface area contributed by atoms with Gasteiger partial charge in [0.1, 0.15) is 11.3 Å². The van der Waals surface area contributed by atoms with Crippen LogP contribution in [0.25, 0.3) is 11.0 Å². The highest BCUT2D eigenvalue weighted by molar-refractivity contribution is 6.30. The summed E-state index contributed by atoms with van der Waals surface area (Å²) in [6.07, 6.45) is 0. The molecule has 0 radical (unpaired) electrons. The molecule has 1 N–H and O–H groups in total. The lowest BCUT2D eigenvalue weighted by molar-refractivity contribution is 0.637. The average molecular weight is 277 g/mol. The molecule has 96 valence electrons. The van der Waals surface area contributed by atoms with Gasteiger partial charge in [0.15, 0.2) is 0 Å². The van der Waals surface area contributed by atoms with Crippen LogP contribution in [0.5, 0.6) is 0 Å². The molecule has 3 nitrogen and oxygen atoms in total. The summed E-state index contributed by atoms with van der Waals surface area (Å²) in [5.41, 5.74) is 1.33. The lowest BCUT2D eigenvalue weighted by Crippen LogP contribution is -2.17. The summed E-state index contributed by atoms with van der Waals surface area (Å²) in [7, 11) is 0. The molecule has 3 aromatic rings. The SMILES string of the molecule is O=c1[nH]c2c(F)cccc2n1Cc1cccc(Cl)c1. The lowest BCUT2D eigenvalue weighted by Gasteiger charge is -2.04. The highest BCUT2D eigenvalue weighted by Crippen LogP contribution is 2.16. The molecule has 0 spiro atoms. The average Bonchev–Trinajstić information content (AvgIpc) is 2.69. The summed E-state index contributed by atoms with van der Waals surface area (Å²) in [5, 5.41) is 0.608. The Morgan fingerprint density at radius 3 is 2.79 bits per heavy atom. The quantitative estimate of drug-likeness (QED) is 0.767. The molecule has 19 heavy (non-hydrogen) atoms. The minimum Gasteiger partial charge on any atom is -0.303 e. The van der Waals surface area contributed by atoms with E-state index in [2.05, 4.69) is 4.98 Å². The molecule has 0 bridgehead atoms. The summed E-state index contributed by atoms with van der Waals surface area (Å²) in [6.45, 7) is 0.350. The zero-order chi connectivity index (χ0) is 13.4. The van der Waals surface area contributed by atoms with Gasteiger partial charge in [0.2, 0.25) is 0 Å². The molecule has 0 aliphatic carbocycles. The van der Waals surface area contributed by atoms with Gasteiger partial charge in [0.05, 0.1) is 12.1 Å². The predicted octanol–water partition coefficient (Wildman–Crippen LogP) is 3.17. The number of hydrogen-bond donors (Lipinski definition) is 1. The van der Waals surface area contributed by atoms with E-state index in [4.69, 9.17) is 11.6 Å². The second-order valence-electron chi connectivity index (χ2n) is 4.28. The molecule has 0 amide bonds. The maximum absolute atomic E-state index is 13.6. The Labute approximate surface area is 113 Å². The van der Waals surface area contributed by atoms with Crippen molar-refractivity contribution in [1.82, 2.24) is 9.55 Å². The molecule has 5 heteroatoms. The van der Waals surface area contributed by atoms with E-state index < -0.39 is 5.82 Å². The van der Waals surface area contributed by atoms with Gasteiger partial charge < -0.3 is 4.98 Å². The number of para-hydroxylation sites is 1. The first kappa shape index (κ1) is 12.0. The van der Waals surface area contributed by atoms with E-state index >= 15 is 0 Å². The molecule has 1 aromatic heterocycles. The van der Waals surface area contributed by atoms with Gasteiger partial charge in [-0.1, -0.05) is 29.8 Å². The second kappa shape index (κ2) is 4.55. The maximum atomic E-state index is 13.6. The largest absolute Gasteiger partial charge is 0.326 e. The fraction of sp³-hybridized carbons (Fsp3) is 0.0714. The standard InChI is InChI=1S/C14H10ClFN2O/c15-10-4-1-3-9(7-10)8-18-12-6-2-5-11(16)13(12)17-14(18)19/h1-7H,8H2,(H,17,19). The van der Waals surface area contributed by atoms with Crippen LogP contribution < -0.4 is 5.69 Å². The summed E-state index contributed by atoms with van der Waals surface area (Å²) in [6, 6.07) is 11.9. The van der Waals surface area contributed by atoms with Crippen LogP contribution in [0.2, 0.25) is 5.02 Å². The van der Waals surface area contributed by atoms with Gasteiger partial charge in [0.25, 0.3) is 0 Å². The van der Waals surface area contributed by atoms with Crippen LogP contribution >= 0.6 is 11.6 Å². The molecule has 0 atom stereocenters. The number of nitrogens with one attached hydrogen (secondary N) is 1. The number of aromatic nitrogens is 2. The normalized spacial score (nSPS) is 11.1. The first-order chi connectivity index (χ1) is 9.15. The van der Waals surface area contributed by atoms with E-state index in [1.165, 1.54) is 10.6 Å². The summed E-state index contributed by atoms with van der Waals surface area (Å²) in [5.74, 6) is -0.431. The van der Waals surface area contributed by atoms with Gasteiger partial charge in [-0.05, 0) is 29.8 Å². The molecule has 0 saturated heterocycles. The summed E-state index contributed by atoms with van der Waals surface area (Å²) in [4.78, 5) is 14.4. The van der Waals surface area contributed by atoms with E-state index in [0.717, 1.165) is 5.56 Å². The number of fused-ring (bicyclic) bond motifs is 1. The summed E-state index contributed by atoms with van der Waals surface area (Å²) < 4.78 is 15.1. The molecule has 3 rings (SSSR count). The number of rotatable bonds is 2. The van der Waals surface area contributed by atoms with Crippen molar-refractivity contribution in [2.24, 2.45) is 0 Å². The Hall–Kier alpha value is -2.07. The number of hydrogen-bond acceptors (Lipinski definition) is 1. The Bertz CT molecular complexity index is 807. The van der Waals surface area contributed by atoms with Crippen LogP contribution in [0.15, 0.2) is 47.3 Å². The smallest absolute Gasteiger partial charge is 0.303 e. The molecule has 0 aliphatic rings. The first-order valence-electron chi connectivity index (χ1n) is 5.76. The molecule has 0 fully saturated rings. The number of nitrogens with zero attached hydrogens (tertiary/aromatic N) is 1. The first-order valence-corrected chi connectivity index (χ1v) is 6.14. The van der Waals surface area contributed by atoms with Crippen molar-refractivity contribution >= 4 is 22.6 Å². The zero-order valence-electron chi connectivity index (χ0n) is 9.86. The van der Waals surface area contributed by atoms with Crippen LogP contribution in [0.1, 0.15) is 5.56 Å². The molecule has 0 unspecified atom stereocenters. The van der Waals surface area contributed by atoms with Crippen molar-refractivity contribution in [2.75, 3.05) is 0 Å². The van der Waals surface area contributed by atoms with E-state index in [0.29, 0.717) is 17.1 Å². The third-order valence-electron chi connectivity index (χ3n) is 2.99. The Kier molecular flexibility index (Phi) is 2.87. The van der Waals surface area contributed by atoms with Gasteiger partial charge in [-0.25, -0.2) is 9.18 Å². The minimum absolute atomic E-state index is 0.231. The van der Waals surface area contributed by atoms with Crippen molar-refractivity contribution in [1.29, 1.82) is 0 Å². The van der Waals surface area contributed by atoms with Crippen LogP contribution in [0, 0.1) is 5.82 Å². The lowest BCUT2D eigenvalue weighted by atomic mass is 10.2. The van der Waals surface area contributed by atoms with Gasteiger partial charge >= 0.3 is 5.69 Å². The maximum Gasteiger partial charge on any atom is 0.326 e. The van der Waals surface area contributed by atoms with E-state index in [1.54, 1.807) is 24.3 Å². The monoisotopic (exact) mass is 276 g/mol. The number of H-pyrrole nitrogens is 1. The molecule has 0 saturated carbocycles. The van der Waals surface area contributed by atoms with Crippen molar-refractivity contribution in [2.45, 2.75) is 6.54 Å². The zero-order valence-corrected chi connectivity index (χ0v) is 10.6. The number of benzene rings is 2. The van der Waals surface area contributed by atoms with E-state index in [9.17, 15) is 9.18 Å². The molecule has 1 heterocycles. The van der Waals surface area contributed by atoms with Gasteiger partial charge in [-0.3, -0.25) is 4.57 Å². The van der Waals surface area contributed by atoms with Crippen molar-refractivity contribution in [3.8, 4) is 0 Å². The summed E-state index contributed by atoms with van der Waals surface area (Å²) >= 11 is 5.91. The van der Waals surface area contributed by atoms with Gasteiger partial charge in [-0.15, -0.1) is 0 Å². The predicted molar refractivity (Wildman–Crippen MR) is 73.1 cm³/mol. The van der Waals surface area contributed by atoms with Crippen molar-refractivity contribution in [3.05, 3.63) is 69.4 Å². The topological polar surface area (TPSA) is 37.8 Å². The fourth-order valence-electron chi connectivity index (χ4n) is 2.12. The third kappa shape index (κ3) is 2.15. The van der Waals surface area contributed by atoms with Gasteiger partial charge in [0, 0.05) is 5.02 Å². The van der Waals surface area contributed by atoms with Crippen LogP contribution in [-0.2, 0) is 6.54 Å². The number of aromatic amines is 1. The Morgan fingerprint density at radius 1 is 1.21 bits per heavy atom. The van der Waals surface area contributed by atoms with Crippen LogP contribution in [0.3, 0.4) is 0 Å². The van der Waals surface area contributed by atoms with E-state index in [-0.39, 0.29) is 11.2 Å². The molecular weight excluding hydrogens is 267 g/mol. The molecular formula is C14H10ClFN2O. The van der Waals surface area contributed by atoms with Gasteiger partial charge in [-0.2, -0.15) is 0 Å². The highest BCUT2D eigenvalue weighted by atomic mass is 35.5. The Morgan fingerprint density at radius 2 is 2.00 bits per heavy atom. The number of halogens is 2. The van der Waals surface area contributed by atoms with Crippen molar-refractivity contribution in [3.63, 3.8) is 0 Å². The minimum atomic E-state index is -0.431. The molecule has 2 aromatic carbocycles. The fourth-order valence-corrected chi connectivity index (χ4v) is 2.33. The Balaban J connectivity index is 2.13. The number of imidazole rings is 1. The van der Waals surface area contributed by atoms with Crippen molar-refractivity contribution < 1.29 is 4.39 Å². The highest BCUT2D eigenvalue weighted by Gasteiger charge is 2.10. The molecule has 0 aliphatic heterocycles. The third-order valence-corrected chi connectivity index (χ3v) is 3.22. The van der Waals surface area contributed by atoms with Crippen LogP contribution in [0.4, 0.5) is 4.39 Å². The van der Waals surface area contributed by atoms with E-state index in [1.807, 2.05) is 12.1 Å².